The first-order valence-electron chi connectivity index (χ1n) is 6.70. The van der Waals surface area contributed by atoms with E-state index in [1.807, 2.05) is 0 Å². The number of hydrogen-bond donors (Lipinski definition) is 1. The van der Waals surface area contributed by atoms with E-state index in [2.05, 4.69) is 19.2 Å². The Morgan fingerprint density at radius 1 is 1.44 bits per heavy atom. The summed E-state index contributed by atoms with van der Waals surface area (Å²) in [5, 5.41) is 4.23. The average molecular weight is 270 g/mol. The average Bonchev–Trinajstić information content (AvgIpc) is 3.15. The van der Waals surface area contributed by atoms with Gasteiger partial charge in [-0.25, -0.2) is 4.39 Å². The van der Waals surface area contributed by atoms with Gasteiger partial charge >= 0.3 is 0 Å². The van der Waals surface area contributed by atoms with Gasteiger partial charge < -0.3 is 5.32 Å². The first-order chi connectivity index (χ1) is 8.52. The van der Waals surface area contributed by atoms with Gasteiger partial charge in [0.1, 0.15) is 5.82 Å². The largest absolute Gasteiger partial charge is 0.313 e. The van der Waals surface area contributed by atoms with E-state index in [-0.39, 0.29) is 11.2 Å². The van der Waals surface area contributed by atoms with Gasteiger partial charge in [0.15, 0.2) is 0 Å². The van der Waals surface area contributed by atoms with Crippen molar-refractivity contribution in [3.63, 3.8) is 0 Å². The zero-order valence-electron chi connectivity index (χ0n) is 11.1. The number of benzene rings is 1. The van der Waals surface area contributed by atoms with Gasteiger partial charge in [0, 0.05) is 17.6 Å². The minimum Gasteiger partial charge on any atom is -0.313 e. The molecule has 100 valence electrons. The third kappa shape index (κ3) is 3.69. The summed E-state index contributed by atoms with van der Waals surface area (Å²) in [6, 6.07) is 5.33. The standard InChI is InChI=1S/C15H21ClFN/c1-3-15(2,10-18-13-5-6-13)9-11-8-12(17)4-7-14(11)16/h4,7-8,13,18H,3,5-6,9-10H2,1-2H3. The molecule has 0 spiro atoms. The fourth-order valence-corrected chi connectivity index (χ4v) is 2.31. The Bertz CT molecular complexity index is 417. The van der Waals surface area contributed by atoms with E-state index in [1.165, 1.54) is 18.9 Å². The third-order valence-electron chi connectivity index (χ3n) is 3.87. The molecule has 2 rings (SSSR count). The Kier molecular flexibility index (Phi) is 4.29. The maximum absolute atomic E-state index is 13.3. The highest BCUT2D eigenvalue weighted by Gasteiger charge is 2.28. The number of nitrogens with one attached hydrogen (secondary N) is 1. The summed E-state index contributed by atoms with van der Waals surface area (Å²) in [5.41, 5.74) is 1.05. The minimum atomic E-state index is -0.206. The Labute approximate surface area is 114 Å². The van der Waals surface area contributed by atoms with Gasteiger partial charge in [0.05, 0.1) is 0 Å². The van der Waals surface area contributed by atoms with Crippen molar-refractivity contribution in [2.75, 3.05) is 6.54 Å². The molecular formula is C15H21ClFN. The fourth-order valence-electron chi connectivity index (χ4n) is 2.13. The Balaban J connectivity index is 2.04. The van der Waals surface area contributed by atoms with Crippen molar-refractivity contribution in [3.8, 4) is 0 Å². The second kappa shape index (κ2) is 5.58. The smallest absolute Gasteiger partial charge is 0.123 e. The molecule has 0 saturated heterocycles. The Morgan fingerprint density at radius 3 is 2.78 bits per heavy atom. The van der Waals surface area contributed by atoms with Crippen LogP contribution in [0.4, 0.5) is 4.39 Å². The van der Waals surface area contributed by atoms with Crippen LogP contribution in [0.1, 0.15) is 38.7 Å². The lowest BCUT2D eigenvalue weighted by atomic mass is 9.81. The van der Waals surface area contributed by atoms with Crippen molar-refractivity contribution < 1.29 is 4.39 Å². The number of rotatable bonds is 6. The van der Waals surface area contributed by atoms with Crippen LogP contribution in [0.15, 0.2) is 18.2 Å². The summed E-state index contributed by atoms with van der Waals surface area (Å²) < 4.78 is 13.3. The first-order valence-corrected chi connectivity index (χ1v) is 7.07. The lowest BCUT2D eigenvalue weighted by molar-refractivity contribution is 0.289. The molecular weight excluding hydrogens is 249 g/mol. The van der Waals surface area contributed by atoms with Crippen LogP contribution in [0.25, 0.3) is 0 Å². The van der Waals surface area contributed by atoms with Crippen LogP contribution in [0.2, 0.25) is 5.02 Å². The molecule has 1 unspecified atom stereocenters. The molecule has 0 amide bonds. The van der Waals surface area contributed by atoms with Crippen LogP contribution in [0, 0.1) is 11.2 Å². The van der Waals surface area contributed by atoms with Gasteiger partial charge in [-0.05, 0) is 54.9 Å². The molecule has 0 radical (unpaired) electrons. The predicted molar refractivity (Wildman–Crippen MR) is 74.5 cm³/mol. The van der Waals surface area contributed by atoms with E-state index in [1.54, 1.807) is 12.1 Å². The molecule has 1 aliphatic carbocycles. The second-order valence-electron chi connectivity index (χ2n) is 5.73. The van der Waals surface area contributed by atoms with Crippen molar-refractivity contribution >= 4 is 11.6 Å². The molecule has 1 aromatic carbocycles. The van der Waals surface area contributed by atoms with Crippen LogP contribution < -0.4 is 5.32 Å². The molecule has 0 heterocycles. The SMILES string of the molecule is CCC(C)(CNC1CC1)Cc1cc(F)ccc1Cl. The molecule has 1 nitrogen and oxygen atoms in total. The monoisotopic (exact) mass is 269 g/mol. The van der Waals surface area contributed by atoms with Crippen molar-refractivity contribution in [2.24, 2.45) is 5.41 Å². The second-order valence-corrected chi connectivity index (χ2v) is 6.14. The highest BCUT2D eigenvalue weighted by Crippen LogP contribution is 2.31. The van der Waals surface area contributed by atoms with Crippen LogP contribution >= 0.6 is 11.6 Å². The third-order valence-corrected chi connectivity index (χ3v) is 4.24. The van der Waals surface area contributed by atoms with Crippen molar-refractivity contribution in [2.45, 2.75) is 45.6 Å². The Hall–Kier alpha value is -0.600. The van der Waals surface area contributed by atoms with Crippen molar-refractivity contribution in [1.29, 1.82) is 0 Å². The molecule has 18 heavy (non-hydrogen) atoms. The summed E-state index contributed by atoms with van der Waals surface area (Å²) in [6.45, 7) is 5.40. The van der Waals surface area contributed by atoms with Crippen LogP contribution in [0.5, 0.6) is 0 Å². The quantitative estimate of drug-likeness (QED) is 0.817. The zero-order chi connectivity index (χ0) is 13.2. The lowest BCUT2D eigenvalue weighted by Crippen LogP contribution is -2.34. The molecule has 1 saturated carbocycles. The van der Waals surface area contributed by atoms with Gasteiger partial charge in [-0.3, -0.25) is 0 Å². The zero-order valence-corrected chi connectivity index (χ0v) is 11.9. The highest BCUT2D eigenvalue weighted by atomic mass is 35.5. The fraction of sp³-hybridized carbons (Fsp3) is 0.600. The molecule has 3 heteroatoms. The summed E-state index contributed by atoms with van der Waals surface area (Å²) >= 11 is 6.15. The predicted octanol–water partition coefficient (Wildman–Crippen LogP) is 4.19. The van der Waals surface area contributed by atoms with Gasteiger partial charge in [-0.2, -0.15) is 0 Å². The van der Waals surface area contributed by atoms with Crippen molar-refractivity contribution in [1.82, 2.24) is 5.32 Å². The van der Waals surface area contributed by atoms with E-state index >= 15 is 0 Å². The van der Waals surface area contributed by atoms with Crippen molar-refractivity contribution in [3.05, 3.63) is 34.6 Å². The van der Waals surface area contributed by atoms with Gasteiger partial charge in [0.2, 0.25) is 0 Å². The molecule has 1 N–H and O–H groups in total. The van der Waals surface area contributed by atoms with E-state index in [4.69, 9.17) is 11.6 Å². The van der Waals surface area contributed by atoms with Gasteiger partial charge in [-0.15, -0.1) is 0 Å². The van der Waals surface area contributed by atoms with E-state index in [0.29, 0.717) is 11.1 Å². The maximum atomic E-state index is 13.3. The normalized spacial score (nSPS) is 18.7. The summed E-state index contributed by atoms with van der Waals surface area (Å²) in [7, 11) is 0. The lowest BCUT2D eigenvalue weighted by Gasteiger charge is -2.29. The van der Waals surface area contributed by atoms with Gasteiger partial charge in [-0.1, -0.05) is 25.4 Å². The molecule has 1 aliphatic rings. The van der Waals surface area contributed by atoms with E-state index < -0.39 is 0 Å². The van der Waals surface area contributed by atoms with E-state index in [0.717, 1.165) is 24.9 Å². The van der Waals surface area contributed by atoms with Gasteiger partial charge in [0.25, 0.3) is 0 Å². The molecule has 1 aromatic rings. The van der Waals surface area contributed by atoms with Crippen LogP contribution in [-0.2, 0) is 6.42 Å². The minimum absolute atomic E-state index is 0.139. The summed E-state index contributed by atoms with van der Waals surface area (Å²) in [4.78, 5) is 0. The topological polar surface area (TPSA) is 12.0 Å². The number of halogens is 2. The maximum Gasteiger partial charge on any atom is 0.123 e. The van der Waals surface area contributed by atoms with Crippen LogP contribution in [0.3, 0.4) is 0 Å². The molecule has 1 fully saturated rings. The Morgan fingerprint density at radius 2 is 2.17 bits per heavy atom. The molecule has 0 aromatic heterocycles. The molecule has 0 bridgehead atoms. The van der Waals surface area contributed by atoms with E-state index in [9.17, 15) is 4.39 Å². The molecule has 1 atom stereocenters. The number of hydrogen-bond acceptors (Lipinski definition) is 1. The summed E-state index contributed by atoms with van der Waals surface area (Å²) in [6.07, 6.45) is 4.46. The molecule has 0 aliphatic heterocycles. The first kappa shape index (κ1) is 13.8. The van der Waals surface area contributed by atoms with Crippen LogP contribution in [-0.4, -0.2) is 12.6 Å². The summed E-state index contributed by atoms with van der Waals surface area (Å²) in [5.74, 6) is -0.206. The highest BCUT2D eigenvalue weighted by molar-refractivity contribution is 6.31.